The van der Waals surface area contributed by atoms with E-state index < -0.39 is 110 Å². The van der Waals surface area contributed by atoms with Crippen molar-refractivity contribution in [2.75, 3.05) is 65.8 Å². The summed E-state index contributed by atoms with van der Waals surface area (Å²) in [4.78, 5) is 143. The number of carbonyl (C=O) groups excluding carboxylic acids is 9. The maximum absolute atomic E-state index is 14.9. The molecule has 0 aliphatic heterocycles. The fourth-order valence-corrected chi connectivity index (χ4v) is 10.2. The molecular weight excluding hydrogens is 1250 g/mol. The molecule has 7 rings (SSSR count). The monoisotopic (exact) mass is 1340 g/mol. The van der Waals surface area contributed by atoms with Gasteiger partial charge >= 0.3 is 30.0 Å². The van der Waals surface area contributed by atoms with Crippen molar-refractivity contribution >= 4 is 78.5 Å². The third-order valence-corrected chi connectivity index (χ3v) is 15.3. The highest BCUT2D eigenvalue weighted by Crippen LogP contribution is 2.44. The zero-order valence-electron chi connectivity index (χ0n) is 55.0. The fraction of sp³-hybridized carbons (Fsp3) is 0.347. The van der Waals surface area contributed by atoms with Crippen molar-refractivity contribution in [3.8, 4) is 11.1 Å². The normalized spacial score (nSPS) is 12.9. The molecule has 0 spiro atoms. The zero-order valence-corrected chi connectivity index (χ0v) is 55.0. The van der Waals surface area contributed by atoms with Crippen molar-refractivity contribution in [2.45, 2.75) is 101 Å². The Morgan fingerprint density at radius 1 is 0.378 bits per heavy atom. The number of ether oxygens (including phenoxy) is 5. The molecule has 0 saturated heterocycles. The summed E-state index contributed by atoms with van der Waals surface area (Å²) in [6.07, 6.45) is 3.66. The van der Waals surface area contributed by atoms with Gasteiger partial charge in [-0.25, -0.2) is 4.79 Å². The molecule has 4 atom stereocenters. The van der Waals surface area contributed by atoms with Crippen LogP contribution in [0.5, 0.6) is 0 Å². The summed E-state index contributed by atoms with van der Waals surface area (Å²) in [7, 11) is 0. The molecule has 23 nitrogen and oxygen atoms in total. The van der Waals surface area contributed by atoms with Gasteiger partial charge in [-0.05, 0) is 76.6 Å². The van der Waals surface area contributed by atoms with Crippen molar-refractivity contribution in [3.05, 3.63) is 203 Å². The van der Waals surface area contributed by atoms with Crippen LogP contribution in [0.25, 0.3) is 11.1 Å². The number of carbonyl (C=O) groups is 9. The van der Waals surface area contributed by atoms with Crippen LogP contribution in [0, 0.1) is 0 Å². The van der Waals surface area contributed by atoms with Gasteiger partial charge in [-0.2, -0.15) is 0 Å². The molecule has 6 aromatic rings. The number of esters is 4. The SMILES string of the molecule is CCCCNC(=O)[C@H](CCC(=O)OCCN=Cc1ccccc1)NC(=O)[C@H](CCC(=O)OCCN=Cc1ccccc1)NC(=O)[C@H](CCC(=O)OCCN=Cc1ccccc1)NC(=O)[C@H](CCC(=O)OCCN=Cc1ccccc1)NC(=O)OCC1c2ccccc2-c2ccccc21. The van der Waals surface area contributed by atoms with Crippen LogP contribution in [0.4, 0.5) is 4.79 Å². The number of unbranched alkanes of at least 4 members (excludes halogenated alkanes) is 1. The van der Waals surface area contributed by atoms with Crippen LogP contribution in [0.2, 0.25) is 0 Å². The molecule has 0 heterocycles. The second-order valence-corrected chi connectivity index (χ2v) is 22.7. The largest absolute Gasteiger partial charge is 0.464 e. The molecule has 5 amide bonds. The molecule has 0 fully saturated rings. The highest BCUT2D eigenvalue weighted by Gasteiger charge is 2.34. The Kier molecular flexibility index (Phi) is 32.2. The molecule has 6 aromatic carbocycles. The second kappa shape index (κ2) is 42.5. The van der Waals surface area contributed by atoms with Crippen molar-refractivity contribution in [2.24, 2.45) is 20.0 Å². The standard InChI is InChI=1S/C75H85N9O14/c1-2-3-40-80-71(89)63(32-36-67(85)94-45-41-76-49-54-20-8-4-9-21-54)81-72(90)64(33-37-68(86)95-46-42-77-50-55-22-10-5-11-23-55)82-73(91)65(34-38-69(87)96-47-43-78-51-56-24-12-6-13-25-56)83-74(92)66(35-39-70(88)97-48-44-79-52-57-26-14-7-15-27-57)84-75(93)98-53-62-60-30-18-16-28-58(60)59-29-17-19-31-61(59)62/h4-31,49-52,62-66H,2-3,32-48,53H2,1H3,(H,80,89)(H,81,90)(H,82,91)(H,83,92)(H,84,93)/t63-,64-,65-,66-/m0/s1. The van der Waals surface area contributed by atoms with E-state index in [0.29, 0.717) is 6.42 Å². The summed E-state index contributed by atoms with van der Waals surface area (Å²) in [5.74, 6) is -6.96. The van der Waals surface area contributed by atoms with Crippen LogP contribution in [-0.2, 0) is 62.0 Å². The third-order valence-electron chi connectivity index (χ3n) is 15.3. The van der Waals surface area contributed by atoms with E-state index in [1.807, 2.05) is 177 Å². The van der Waals surface area contributed by atoms with E-state index in [9.17, 15) is 43.2 Å². The predicted molar refractivity (Wildman–Crippen MR) is 372 cm³/mol. The summed E-state index contributed by atoms with van der Waals surface area (Å²) in [6, 6.07) is 46.3. The van der Waals surface area contributed by atoms with Gasteiger partial charge in [0, 0.05) is 63.0 Å². The van der Waals surface area contributed by atoms with E-state index in [2.05, 4.69) is 46.6 Å². The molecule has 0 aromatic heterocycles. The van der Waals surface area contributed by atoms with Crippen LogP contribution < -0.4 is 26.6 Å². The van der Waals surface area contributed by atoms with Crippen LogP contribution in [-0.4, -0.2) is 168 Å². The Bertz CT molecular complexity index is 3600. The third kappa shape index (κ3) is 27.0. The van der Waals surface area contributed by atoms with Crippen LogP contribution in [0.3, 0.4) is 0 Å². The lowest BCUT2D eigenvalue weighted by Crippen LogP contribution is -2.58. The number of alkyl carbamates (subject to hydrolysis) is 1. The molecule has 5 N–H and O–H groups in total. The average molecular weight is 1340 g/mol. The average Bonchev–Trinajstić information content (AvgIpc) is 1.62. The van der Waals surface area contributed by atoms with Crippen molar-refractivity contribution in [1.29, 1.82) is 0 Å². The number of nitrogens with one attached hydrogen (secondary N) is 5. The van der Waals surface area contributed by atoms with Gasteiger partial charge in [0.1, 0.15) is 57.2 Å². The molecule has 23 heteroatoms. The Morgan fingerprint density at radius 3 is 1.00 bits per heavy atom. The van der Waals surface area contributed by atoms with Gasteiger partial charge in [-0.3, -0.25) is 58.3 Å². The number of rotatable bonds is 41. The maximum Gasteiger partial charge on any atom is 0.407 e. The first-order valence-corrected chi connectivity index (χ1v) is 33.0. The van der Waals surface area contributed by atoms with Crippen molar-refractivity contribution in [3.63, 3.8) is 0 Å². The number of hydrogen-bond donors (Lipinski definition) is 5. The van der Waals surface area contributed by atoms with Crippen LogP contribution in [0.1, 0.15) is 110 Å². The first-order chi connectivity index (χ1) is 47.8. The van der Waals surface area contributed by atoms with Gasteiger partial charge in [0.05, 0.1) is 26.2 Å². The van der Waals surface area contributed by atoms with E-state index in [4.69, 9.17) is 23.7 Å². The van der Waals surface area contributed by atoms with E-state index in [1.165, 1.54) is 0 Å². The van der Waals surface area contributed by atoms with E-state index in [0.717, 1.165) is 50.9 Å². The molecule has 0 unspecified atom stereocenters. The molecule has 0 radical (unpaired) electrons. The first-order valence-electron chi connectivity index (χ1n) is 33.0. The van der Waals surface area contributed by atoms with E-state index in [1.54, 1.807) is 24.9 Å². The van der Waals surface area contributed by atoms with Crippen LogP contribution in [0.15, 0.2) is 190 Å². The lowest BCUT2D eigenvalue weighted by molar-refractivity contribution is -0.145. The van der Waals surface area contributed by atoms with E-state index in [-0.39, 0.29) is 90.9 Å². The number of fused-ring (bicyclic) bond motifs is 3. The minimum atomic E-state index is -1.68. The summed E-state index contributed by atoms with van der Waals surface area (Å²) < 4.78 is 27.6. The van der Waals surface area contributed by atoms with Gasteiger partial charge in [-0.1, -0.05) is 183 Å². The number of amides is 5. The molecule has 98 heavy (non-hydrogen) atoms. The minimum Gasteiger partial charge on any atom is -0.464 e. The van der Waals surface area contributed by atoms with Gasteiger partial charge < -0.3 is 50.3 Å². The Labute approximate surface area is 570 Å². The van der Waals surface area contributed by atoms with Gasteiger partial charge in [-0.15, -0.1) is 0 Å². The van der Waals surface area contributed by atoms with Crippen LogP contribution >= 0.6 is 0 Å². The fourth-order valence-electron chi connectivity index (χ4n) is 10.2. The molecule has 0 saturated carbocycles. The number of nitrogens with zero attached hydrogens (tertiary/aromatic N) is 4. The lowest BCUT2D eigenvalue weighted by Gasteiger charge is -2.26. The summed E-state index contributed by atoms with van der Waals surface area (Å²) >= 11 is 0. The summed E-state index contributed by atoms with van der Waals surface area (Å²) in [6.45, 7) is 2.07. The highest BCUT2D eigenvalue weighted by molar-refractivity contribution is 5.96. The van der Waals surface area contributed by atoms with Crippen molar-refractivity contribution in [1.82, 2.24) is 26.6 Å². The molecule has 1 aliphatic carbocycles. The van der Waals surface area contributed by atoms with Crippen molar-refractivity contribution < 1.29 is 66.8 Å². The van der Waals surface area contributed by atoms with Gasteiger partial charge in [0.2, 0.25) is 23.6 Å². The number of aliphatic imine (C=N–C) groups is 4. The molecule has 514 valence electrons. The lowest BCUT2D eigenvalue weighted by atomic mass is 9.98. The predicted octanol–water partition coefficient (Wildman–Crippen LogP) is 8.03. The zero-order chi connectivity index (χ0) is 69.4. The molecular formula is C75H85N9O14. The maximum atomic E-state index is 14.9. The molecule has 0 bridgehead atoms. The first kappa shape index (κ1) is 74.4. The number of benzene rings is 6. The highest BCUT2D eigenvalue weighted by atomic mass is 16.6. The summed E-state index contributed by atoms with van der Waals surface area (Å²) in [5, 5.41) is 13.3. The minimum absolute atomic E-state index is 0.0607. The Balaban J connectivity index is 1.10. The smallest absolute Gasteiger partial charge is 0.407 e. The molecule has 1 aliphatic rings. The Morgan fingerprint density at radius 2 is 0.673 bits per heavy atom. The number of hydrogen-bond acceptors (Lipinski definition) is 18. The Hall–Kier alpha value is -11.0. The van der Waals surface area contributed by atoms with Gasteiger partial charge in [0.15, 0.2) is 0 Å². The topological polar surface area (TPSA) is 309 Å². The summed E-state index contributed by atoms with van der Waals surface area (Å²) in [5.41, 5.74) is 7.16. The van der Waals surface area contributed by atoms with E-state index >= 15 is 0 Å². The van der Waals surface area contributed by atoms with Gasteiger partial charge in [0.25, 0.3) is 0 Å². The second-order valence-electron chi connectivity index (χ2n) is 22.7. The quantitative estimate of drug-likeness (QED) is 0.0105.